The fraction of sp³-hybridized carbons (Fsp3) is 0. The standard InChI is InChI=1S/C49H29N3O3/c1-3-14-30(15-4-1)49-50-37-28-36-44(29-45(37)55-49)53-43-27-13-23-39(46(36)43)52(41-25-12-21-35-33-19-8-10-26-42(33)54-48(35)41)40-24-11-20-34-32-18-7-9-22-38(32)51(47(34)40)31-16-5-2-6-17-31/h1-29H. The zero-order chi connectivity index (χ0) is 36.0. The molecule has 0 atom stereocenters. The minimum absolute atomic E-state index is 0.575. The summed E-state index contributed by atoms with van der Waals surface area (Å²) in [5.74, 6) is 0.575. The Morgan fingerprint density at radius 2 is 1.11 bits per heavy atom. The fourth-order valence-corrected chi connectivity index (χ4v) is 8.44. The van der Waals surface area contributed by atoms with E-state index in [4.69, 9.17) is 18.2 Å². The van der Waals surface area contributed by atoms with E-state index in [1.165, 1.54) is 5.39 Å². The van der Waals surface area contributed by atoms with E-state index in [0.29, 0.717) is 11.5 Å². The number of para-hydroxylation sites is 5. The van der Waals surface area contributed by atoms with Crippen molar-refractivity contribution >= 4 is 93.8 Å². The van der Waals surface area contributed by atoms with Gasteiger partial charge in [0.25, 0.3) is 0 Å². The van der Waals surface area contributed by atoms with Crippen molar-refractivity contribution in [2.75, 3.05) is 4.90 Å². The molecule has 0 fully saturated rings. The molecule has 6 nitrogen and oxygen atoms in total. The Bertz CT molecular complexity index is 3440. The van der Waals surface area contributed by atoms with Gasteiger partial charge < -0.3 is 22.7 Å². The Morgan fingerprint density at radius 1 is 0.436 bits per heavy atom. The van der Waals surface area contributed by atoms with Gasteiger partial charge in [-0.2, -0.15) is 0 Å². The van der Waals surface area contributed by atoms with Crippen molar-refractivity contribution in [2.45, 2.75) is 0 Å². The number of aromatic nitrogens is 2. The number of nitrogens with zero attached hydrogens (tertiary/aromatic N) is 3. The average molecular weight is 708 g/mol. The number of furan rings is 2. The second kappa shape index (κ2) is 11.5. The first-order chi connectivity index (χ1) is 27.3. The molecule has 6 heteroatoms. The Labute approximate surface area is 313 Å². The van der Waals surface area contributed by atoms with E-state index < -0.39 is 0 Å². The molecule has 0 bridgehead atoms. The van der Waals surface area contributed by atoms with Gasteiger partial charge in [0.2, 0.25) is 5.89 Å². The molecule has 8 aromatic carbocycles. The van der Waals surface area contributed by atoms with Gasteiger partial charge >= 0.3 is 0 Å². The second-order valence-electron chi connectivity index (χ2n) is 13.9. The van der Waals surface area contributed by atoms with Crippen LogP contribution in [0.2, 0.25) is 0 Å². The summed E-state index contributed by atoms with van der Waals surface area (Å²) in [4.78, 5) is 7.30. The monoisotopic (exact) mass is 707 g/mol. The molecule has 4 aromatic heterocycles. The van der Waals surface area contributed by atoms with Crippen LogP contribution < -0.4 is 4.90 Å². The number of rotatable bonds is 5. The second-order valence-corrected chi connectivity index (χ2v) is 13.9. The topological polar surface area (TPSA) is 60.5 Å². The number of hydrogen-bond acceptors (Lipinski definition) is 5. The van der Waals surface area contributed by atoms with E-state index >= 15 is 0 Å². The van der Waals surface area contributed by atoms with Crippen molar-refractivity contribution in [3.05, 3.63) is 176 Å². The molecule has 0 radical (unpaired) electrons. The van der Waals surface area contributed by atoms with Crippen LogP contribution in [0.4, 0.5) is 17.1 Å². The van der Waals surface area contributed by atoms with Gasteiger partial charge in [-0.05, 0) is 66.7 Å². The molecule has 258 valence electrons. The lowest BCUT2D eigenvalue weighted by Crippen LogP contribution is -2.12. The van der Waals surface area contributed by atoms with Crippen LogP contribution in [-0.4, -0.2) is 9.55 Å². The summed E-state index contributed by atoms with van der Waals surface area (Å²) in [7, 11) is 0. The lowest BCUT2D eigenvalue weighted by atomic mass is 10.1. The highest BCUT2D eigenvalue weighted by Crippen LogP contribution is 2.50. The highest BCUT2D eigenvalue weighted by atomic mass is 16.4. The van der Waals surface area contributed by atoms with Crippen molar-refractivity contribution in [2.24, 2.45) is 0 Å². The van der Waals surface area contributed by atoms with E-state index in [9.17, 15) is 0 Å². The van der Waals surface area contributed by atoms with Gasteiger partial charge in [0.15, 0.2) is 11.2 Å². The Kier molecular flexibility index (Phi) is 6.24. The van der Waals surface area contributed by atoms with Gasteiger partial charge in [0.05, 0.1) is 33.5 Å². The number of hydrogen-bond donors (Lipinski definition) is 0. The van der Waals surface area contributed by atoms with Crippen molar-refractivity contribution in [1.82, 2.24) is 9.55 Å². The van der Waals surface area contributed by atoms with Crippen molar-refractivity contribution < 1.29 is 13.3 Å². The predicted molar refractivity (Wildman–Crippen MR) is 223 cm³/mol. The van der Waals surface area contributed by atoms with Crippen LogP contribution in [0.1, 0.15) is 0 Å². The molecule has 55 heavy (non-hydrogen) atoms. The number of anilines is 3. The smallest absolute Gasteiger partial charge is 0.227 e. The van der Waals surface area contributed by atoms with Gasteiger partial charge in [-0.15, -0.1) is 0 Å². The van der Waals surface area contributed by atoms with Crippen LogP contribution >= 0.6 is 0 Å². The summed E-state index contributed by atoms with van der Waals surface area (Å²) in [5, 5.41) is 6.38. The maximum Gasteiger partial charge on any atom is 0.227 e. The Morgan fingerprint density at radius 3 is 1.98 bits per heavy atom. The third kappa shape index (κ3) is 4.39. The predicted octanol–water partition coefficient (Wildman–Crippen LogP) is 13.9. The molecular weight excluding hydrogens is 679 g/mol. The highest BCUT2D eigenvalue weighted by Gasteiger charge is 2.27. The molecule has 0 spiro atoms. The summed E-state index contributed by atoms with van der Waals surface area (Å²) in [6.07, 6.45) is 0. The van der Waals surface area contributed by atoms with Crippen LogP contribution in [0.25, 0.3) is 93.9 Å². The van der Waals surface area contributed by atoms with E-state index in [2.05, 4.69) is 131 Å². The van der Waals surface area contributed by atoms with Crippen molar-refractivity contribution in [3.63, 3.8) is 0 Å². The SMILES string of the molecule is c1ccc(-c2nc3cc4c(cc3o2)oc2cccc(N(c3cccc5c3oc3ccccc35)c3cccc5c6ccccc6n(-c6ccccc6)c35)c24)cc1. The minimum Gasteiger partial charge on any atom is -0.456 e. The molecule has 4 heterocycles. The van der Waals surface area contributed by atoms with E-state index in [-0.39, 0.29) is 0 Å². The van der Waals surface area contributed by atoms with Crippen LogP contribution in [-0.2, 0) is 0 Å². The van der Waals surface area contributed by atoms with Gasteiger partial charge in [0.1, 0.15) is 22.3 Å². The summed E-state index contributed by atoms with van der Waals surface area (Å²) >= 11 is 0. The Hall–Kier alpha value is -7.57. The highest BCUT2D eigenvalue weighted by molar-refractivity contribution is 6.20. The number of oxazole rings is 1. The fourth-order valence-electron chi connectivity index (χ4n) is 8.44. The largest absolute Gasteiger partial charge is 0.456 e. The van der Waals surface area contributed by atoms with Gasteiger partial charge in [-0.1, -0.05) is 103 Å². The Balaban J connectivity index is 1.21. The molecule has 0 saturated carbocycles. The van der Waals surface area contributed by atoms with Gasteiger partial charge in [-0.3, -0.25) is 0 Å². The number of benzene rings is 8. The molecular formula is C49H29N3O3. The maximum atomic E-state index is 6.78. The molecule has 12 aromatic rings. The average Bonchev–Trinajstić information content (AvgIpc) is 4.01. The molecule has 0 saturated heterocycles. The molecule has 0 unspecified atom stereocenters. The first kappa shape index (κ1) is 29.9. The summed E-state index contributed by atoms with van der Waals surface area (Å²) < 4.78 is 22.1. The van der Waals surface area contributed by atoms with Crippen LogP contribution in [0.3, 0.4) is 0 Å². The van der Waals surface area contributed by atoms with E-state index in [1.54, 1.807) is 0 Å². The van der Waals surface area contributed by atoms with Crippen LogP contribution in [0, 0.1) is 0 Å². The zero-order valence-corrected chi connectivity index (χ0v) is 29.3. The quantitative estimate of drug-likeness (QED) is 0.178. The summed E-state index contributed by atoms with van der Waals surface area (Å²) in [6, 6.07) is 60.8. The first-order valence-corrected chi connectivity index (χ1v) is 18.4. The molecule has 0 aliphatic carbocycles. The molecule has 12 rings (SSSR count). The van der Waals surface area contributed by atoms with Gasteiger partial charge in [0, 0.05) is 44.2 Å². The van der Waals surface area contributed by atoms with E-state index in [1.807, 2.05) is 54.6 Å². The normalized spacial score (nSPS) is 12.0. The molecule has 0 amide bonds. The molecule has 0 N–H and O–H groups in total. The first-order valence-electron chi connectivity index (χ1n) is 18.4. The third-order valence-electron chi connectivity index (χ3n) is 10.8. The van der Waals surface area contributed by atoms with Crippen LogP contribution in [0.15, 0.2) is 189 Å². The molecule has 0 aliphatic rings. The maximum absolute atomic E-state index is 6.78. The molecule has 0 aliphatic heterocycles. The zero-order valence-electron chi connectivity index (χ0n) is 29.3. The number of fused-ring (bicyclic) bond motifs is 10. The van der Waals surface area contributed by atoms with Crippen LogP contribution in [0.5, 0.6) is 0 Å². The third-order valence-corrected chi connectivity index (χ3v) is 10.8. The summed E-state index contributed by atoms with van der Waals surface area (Å²) in [6.45, 7) is 0. The van der Waals surface area contributed by atoms with Crippen molar-refractivity contribution in [1.29, 1.82) is 0 Å². The lowest BCUT2D eigenvalue weighted by Gasteiger charge is -2.27. The summed E-state index contributed by atoms with van der Waals surface area (Å²) in [5.41, 5.74) is 11.7. The minimum atomic E-state index is 0.575. The lowest BCUT2D eigenvalue weighted by molar-refractivity contribution is 0.617. The van der Waals surface area contributed by atoms with Gasteiger partial charge in [-0.25, -0.2) is 4.98 Å². The van der Waals surface area contributed by atoms with Crippen molar-refractivity contribution in [3.8, 4) is 17.1 Å². The van der Waals surface area contributed by atoms with E-state index in [0.717, 1.165) is 94.1 Å².